The molecule has 0 fully saturated rings. The fourth-order valence-corrected chi connectivity index (χ4v) is 1.37. The summed E-state index contributed by atoms with van der Waals surface area (Å²) in [5.74, 6) is 0.395. The van der Waals surface area contributed by atoms with E-state index in [1.807, 2.05) is 43.3 Å². The number of anilines is 1. The molecule has 2 aromatic rings. The summed E-state index contributed by atoms with van der Waals surface area (Å²) in [5, 5.41) is 10.9. The van der Waals surface area contributed by atoms with Gasteiger partial charge in [0.05, 0.1) is 0 Å². The predicted octanol–water partition coefficient (Wildman–Crippen LogP) is 2.83. The number of aryl methyl sites for hydroxylation is 1. The van der Waals surface area contributed by atoms with Gasteiger partial charge in [-0.3, -0.25) is 10.4 Å². The van der Waals surface area contributed by atoms with Gasteiger partial charge in [-0.05, 0) is 19.1 Å². The molecule has 2 rings (SSSR count). The highest BCUT2D eigenvalue weighted by Crippen LogP contribution is 2.08. The van der Waals surface area contributed by atoms with Crippen LogP contribution in [-0.2, 0) is 0 Å². The van der Waals surface area contributed by atoms with Crippen LogP contribution >= 0.6 is 0 Å². The third-order valence-corrected chi connectivity index (χ3v) is 2.29. The van der Waals surface area contributed by atoms with E-state index in [0.29, 0.717) is 5.84 Å². The maximum Gasteiger partial charge on any atom is 0.129 e. The highest BCUT2D eigenvalue weighted by Gasteiger charge is 2.00. The van der Waals surface area contributed by atoms with E-state index in [9.17, 15) is 0 Å². The van der Waals surface area contributed by atoms with Gasteiger partial charge in [0, 0.05) is 23.6 Å². The van der Waals surface area contributed by atoms with E-state index < -0.39 is 0 Å². The van der Waals surface area contributed by atoms with Gasteiger partial charge in [0.1, 0.15) is 5.84 Å². The molecule has 0 aliphatic heterocycles. The summed E-state index contributed by atoms with van der Waals surface area (Å²) in [6.07, 6.45) is 3.40. The van der Waals surface area contributed by atoms with E-state index in [0.717, 1.165) is 11.3 Å². The number of benzene rings is 1. The summed E-state index contributed by atoms with van der Waals surface area (Å²) >= 11 is 0. The number of pyridine rings is 1. The van der Waals surface area contributed by atoms with Gasteiger partial charge in [0.15, 0.2) is 0 Å². The van der Waals surface area contributed by atoms with Crippen LogP contribution in [0.1, 0.15) is 11.1 Å². The Labute approximate surface area is 94.7 Å². The van der Waals surface area contributed by atoms with E-state index >= 15 is 0 Å². The van der Waals surface area contributed by atoms with Crippen molar-refractivity contribution in [2.24, 2.45) is 0 Å². The van der Waals surface area contributed by atoms with Crippen molar-refractivity contribution in [3.8, 4) is 0 Å². The van der Waals surface area contributed by atoms with Gasteiger partial charge in [0.25, 0.3) is 0 Å². The highest BCUT2D eigenvalue weighted by atomic mass is 14.9. The van der Waals surface area contributed by atoms with Crippen LogP contribution in [0.25, 0.3) is 0 Å². The van der Waals surface area contributed by atoms with Gasteiger partial charge >= 0.3 is 0 Å². The lowest BCUT2D eigenvalue weighted by Crippen LogP contribution is -2.11. The lowest BCUT2D eigenvalue weighted by atomic mass is 10.1. The third kappa shape index (κ3) is 2.45. The monoisotopic (exact) mass is 211 g/mol. The molecule has 16 heavy (non-hydrogen) atoms. The predicted molar refractivity (Wildman–Crippen MR) is 65.9 cm³/mol. The maximum atomic E-state index is 7.91. The van der Waals surface area contributed by atoms with Crippen LogP contribution in [0.3, 0.4) is 0 Å². The number of nitrogens with zero attached hydrogens (tertiary/aromatic N) is 1. The van der Waals surface area contributed by atoms with E-state index in [1.165, 1.54) is 5.56 Å². The fourth-order valence-electron chi connectivity index (χ4n) is 1.37. The average molecular weight is 211 g/mol. The maximum absolute atomic E-state index is 7.91. The van der Waals surface area contributed by atoms with Crippen LogP contribution in [0.5, 0.6) is 0 Å². The number of aromatic nitrogens is 1. The molecule has 3 nitrogen and oxygen atoms in total. The molecule has 0 atom stereocenters. The first-order valence-corrected chi connectivity index (χ1v) is 5.08. The molecule has 2 N–H and O–H groups in total. The number of hydrogen-bond donors (Lipinski definition) is 2. The Kier molecular flexibility index (Phi) is 2.96. The van der Waals surface area contributed by atoms with E-state index in [2.05, 4.69) is 10.3 Å². The molecule has 0 spiro atoms. The molecule has 1 aromatic heterocycles. The van der Waals surface area contributed by atoms with E-state index in [4.69, 9.17) is 5.41 Å². The molecule has 0 saturated heterocycles. The van der Waals surface area contributed by atoms with Crippen LogP contribution in [0.2, 0.25) is 0 Å². The molecule has 1 heterocycles. The fraction of sp³-hybridized carbons (Fsp3) is 0.0769. The van der Waals surface area contributed by atoms with Crippen molar-refractivity contribution in [1.82, 2.24) is 4.98 Å². The average Bonchev–Trinajstić information content (AvgIpc) is 2.31. The quantitative estimate of drug-likeness (QED) is 0.592. The van der Waals surface area contributed by atoms with Crippen molar-refractivity contribution in [3.05, 3.63) is 59.9 Å². The summed E-state index contributed by atoms with van der Waals surface area (Å²) in [7, 11) is 0. The summed E-state index contributed by atoms with van der Waals surface area (Å²) in [6, 6.07) is 11.5. The topological polar surface area (TPSA) is 48.8 Å². The molecule has 0 radical (unpaired) electrons. The minimum Gasteiger partial charge on any atom is -0.340 e. The van der Waals surface area contributed by atoms with Crippen LogP contribution in [-0.4, -0.2) is 10.8 Å². The second kappa shape index (κ2) is 4.57. The van der Waals surface area contributed by atoms with Crippen molar-refractivity contribution >= 4 is 11.5 Å². The molecule has 0 amide bonds. The molecule has 0 unspecified atom stereocenters. The Morgan fingerprint density at radius 2 is 1.69 bits per heavy atom. The minimum atomic E-state index is 0.395. The number of rotatable bonds is 2. The standard InChI is InChI=1S/C13H13N3/c1-10-2-4-11(5-3-10)13(14)16-12-6-8-15-9-7-12/h2-9H,1H3,(H2,14,15,16). The molecule has 0 aliphatic rings. The molecule has 0 aliphatic carbocycles. The van der Waals surface area contributed by atoms with Crippen molar-refractivity contribution in [1.29, 1.82) is 5.41 Å². The first kappa shape index (κ1) is 10.4. The Bertz CT molecular complexity index is 474. The van der Waals surface area contributed by atoms with Gasteiger partial charge in [0.2, 0.25) is 0 Å². The third-order valence-electron chi connectivity index (χ3n) is 2.29. The molecular weight excluding hydrogens is 198 g/mol. The van der Waals surface area contributed by atoms with Crippen LogP contribution < -0.4 is 5.32 Å². The van der Waals surface area contributed by atoms with Crippen molar-refractivity contribution in [3.63, 3.8) is 0 Å². The van der Waals surface area contributed by atoms with Crippen molar-refractivity contribution in [2.75, 3.05) is 5.32 Å². The Hall–Kier alpha value is -2.16. The SMILES string of the molecule is Cc1ccc(C(=N)Nc2ccncc2)cc1. The minimum absolute atomic E-state index is 0.395. The van der Waals surface area contributed by atoms with Gasteiger partial charge in [-0.2, -0.15) is 0 Å². The van der Waals surface area contributed by atoms with Gasteiger partial charge < -0.3 is 5.32 Å². The number of nitrogens with one attached hydrogen (secondary N) is 2. The number of amidine groups is 1. The van der Waals surface area contributed by atoms with Gasteiger partial charge in [-0.1, -0.05) is 29.8 Å². The highest BCUT2D eigenvalue weighted by molar-refractivity contribution is 6.06. The summed E-state index contributed by atoms with van der Waals surface area (Å²) in [4.78, 5) is 3.93. The van der Waals surface area contributed by atoms with Gasteiger partial charge in [-0.15, -0.1) is 0 Å². The number of hydrogen-bond acceptors (Lipinski definition) is 2. The summed E-state index contributed by atoms with van der Waals surface area (Å²) in [6.45, 7) is 2.03. The first-order chi connectivity index (χ1) is 7.75. The zero-order valence-corrected chi connectivity index (χ0v) is 9.07. The summed E-state index contributed by atoms with van der Waals surface area (Å²) < 4.78 is 0. The largest absolute Gasteiger partial charge is 0.340 e. The molecular formula is C13H13N3. The van der Waals surface area contributed by atoms with Crippen LogP contribution in [0, 0.1) is 12.3 Å². The first-order valence-electron chi connectivity index (χ1n) is 5.08. The zero-order chi connectivity index (χ0) is 11.4. The normalized spacial score (nSPS) is 9.81. The lowest BCUT2D eigenvalue weighted by Gasteiger charge is -2.07. The Morgan fingerprint density at radius 3 is 2.31 bits per heavy atom. The van der Waals surface area contributed by atoms with Crippen molar-refractivity contribution < 1.29 is 0 Å². The lowest BCUT2D eigenvalue weighted by molar-refractivity contribution is 1.32. The smallest absolute Gasteiger partial charge is 0.129 e. The second-order valence-electron chi connectivity index (χ2n) is 3.60. The molecule has 0 saturated carbocycles. The zero-order valence-electron chi connectivity index (χ0n) is 9.07. The molecule has 80 valence electrons. The summed E-state index contributed by atoms with van der Waals surface area (Å²) in [5.41, 5.74) is 2.95. The Morgan fingerprint density at radius 1 is 1.06 bits per heavy atom. The van der Waals surface area contributed by atoms with Crippen LogP contribution in [0.4, 0.5) is 5.69 Å². The second-order valence-corrected chi connectivity index (χ2v) is 3.60. The van der Waals surface area contributed by atoms with E-state index in [1.54, 1.807) is 12.4 Å². The molecule has 1 aromatic carbocycles. The van der Waals surface area contributed by atoms with Crippen molar-refractivity contribution in [2.45, 2.75) is 6.92 Å². The molecule has 0 bridgehead atoms. The van der Waals surface area contributed by atoms with Gasteiger partial charge in [-0.25, -0.2) is 0 Å². The van der Waals surface area contributed by atoms with Crippen LogP contribution in [0.15, 0.2) is 48.8 Å². The molecule has 3 heteroatoms. The van der Waals surface area contributed by atoms with E-state index in [-0.39, 0.29) is 0 Å². The Balaban J connectivity index is 2.12.